The van der Waals surface area contributed by atoms with Gasteiger partial charge in [0.15, 0.2) is 8.32 Å². The van der Waals surface area contributed by atoms with E-state index < -0.39 is 13.9 Å². The number of ether oxygens (including phenoxy) is 2. The van der Waals surface area contributed by atoms with Gasteiger partial charge in [0.2, 0.25) is 0 Å². The molecule has 2 aromatic rings. The minimum Gasteiger partial charge on any atom is -0.444 e. The van der Waals surface area contributed by atoms with Crippen LogP contribution >= 0.6 is 15.9 Å². The zero-order valence-corrected chi connectivity index (χ0v) is 25.1. The molecule has 0 saturated heterocycles. The van der Waals surface area contributed by atoms with E-state index in [2.05, 4.69) is 54.4 Å². The molecule has 1 atom stereocenters. The van der Waals surface area contributed by atoms with Crippen LogP contribution in [0.3, 0.4) is 0 Å². The van der Waals surface area contributed by atoms with E-state index in [-0.39, 0.29) is 17.2 Å². The normalized spacial score (nSPS) is 13.9. The Morgan fingerprint density at radius 2 is 1.82 bits per heavy atom. The standard InChI is InChI=1S/C25H42BrN3O4Si/c1-18-27-21-13-11-12-20(26)22(21)29(18)17-19(16-28(8)23(30)33-24(2,3)4)31-14-15-32-34(9,10)25(5,6)7/h11-13,19H,14-17H2,1-10H3. The lowest BCUT2D eigenvalue weighted by Crippen LogP contribution is -2.43. The molecule has 34 heavy (non-hydrogen) atoms. The molecule has 0 saturated carbocycles. The molecule has 1 amide bonds. The molecule has 0 fully saturated rings. The minimum atomic E-state index is -1.86. The first-order valence-electron chi connectivity index (χ1n) is 11.8. The van der Waals surface area contributed by atoms with Crippen LogP contribution in [0.15, 0.2) is 22.7 Å². The Morgan fingerprint density at radius 1 is 1.18 bits per heavy atom. The fourth-order valence-electron chi connectivity index (χ4n) is 3.30. The number of carbonyl (C=O) groups excluding carboxylic acids is 1. The fourth-order valence-corrected chi connectivity index (χ4v) is 4.89. The van der Waals surface area contributed by atoms with Crippen molar-refractivity contribution in [1.29, 1.82) is 0 Å². The van der Waals surface area contributed by atoms with Crippen molar-refractivity contribution in [3.05, 3.63) is 28.5 Å². The topological polar surface area (TPSA) is 65.8 Å². The predicted octanol–water partition coefficient (Wildman–Crippen LogP) is 6.38. The van der Waals surface area contributed by atoms with Crippen molar-refractivity contribution in [2.24, 2.45) is 0 Å². The van der Waals surface area contributed by atoms with E-state index in [0.717, 1.165) is 21.3 Å². The summed E-state index contributed by atoms with van der Waals surface area (Å²) in [5.74, 6) is 0.896. The fraction of sp³-hybridized carbons (Fsp3) is 0.680. The molecule has 0 aliphatic heterocycles. The van der Waals surface area contributed by atoms with Crippen molar-refractivity contribution in [2.75, 3.05) is 26.8 Å². The van der Waals surface area contributed by atoms with Gasteiger partial charge in [-0.3, -0.25) is 0 Å². The average Bonchev–Trinajstić information content (AvgIpc) is 2.99. The second kappa shape index (κ2) is 11.1. The van der Waals surface area contributed by atoms with Crippen molar-refractivity contribution < 1.29 is 18.7 Å². The van der Waals surface area contributed by atoms with Gasteiger partial charge in [-0.1, -0.05) is 26.8 Å². The smallest absolute Gasteiger partial charge is 0.410 e. The van der Waals surface area contributed by atoms with Crippen molar-refractivity contribution in [2.45, 2.75) is 84.8 Å². The monoisotopic (exact) mass is 555 g/mol. The third-order valence-corrected chi connectivity index (χ3v) is 11.4. The Kier molecular flexibility index (Phi) is 9.40. The highest BCUT2D eigenvalue weighted by Gasteiger charge is 2.37. The van der Waals surface area contributed by atoms with Crippen LogP contribution in [0.4, 0.5) is 4.79 Å². The Morgan fingerprint density at radius 3 is 2.41 bits per heavy atom. The molecule has 0 aliphatic carbocycles. The van der Waals surface area contributed by atoms with Gasteiger partial charge < -0.3 is 23.4 Å². The summed E-state index contributed by atoms with van der Waals surface area (Å²) in [7, 11) is -0.114. The minimum absolute atomic E-state index is 0.141. The Bertz CT molecular complexity index is 979. The van der Waals surface area contributed by atoms with Gasteiger partial charge >= 0.3 is 6.09 Å². The van der Waals surface area contributed by atoms with Crippen LogP contribution in [0.2, 0.25) is 18.1 Å². The summed E-state index contributed by atoms with van der Waals surface area (Å²) in [5.41, 5.74) is 1.39. The summed E-state index contributed by atoms with van der Waals surface area (Å²) in [6.45, 7) is 20.6. The number of carbonyl (C=O) groups is 1. The summed E-state index contributed by atoms with van der Waals surface area (Å²) < 4.78 is 21.3. The van der Waals surface area contributed by atoms with E-state index in [1.807, 2.05) is 45.9 Å². The summed E-state index contributed by atoms with van der Waals surface area (Å²) in [6.07, 6.45) is -0.629. The van der Waals surface area contributed by atoms with Gasteiger partial charge in [0, 0.05) is 11.5 Å². The second-order valence-electron chi connectivity index (χ2n) is 11.3. The van der Waals surface area contributed by atoms with E-state index >= 15 is 0 Å². The third-order valence-electron chi connectivity index (χ3n) is 6.18. The number of imidazole rings is 1. The van der Waals surface area contributed by atoms with E-state index in [1.54, 1.807) is 11.9 Å². The molecular formula is C25H42BrN3O4Si. The molecule has 1 aromatic heterocycles. The number of hydrogen-bond acceptors (Lipinski definition) is 5. The lowest BCUT2D eigenvalue weighted by Gasteiger charge is -2.36. The molecule has 1 aromatic carbocycles. The van der Waals surface area contributed by atoms with Gasteiger partial charge in [0.05, 0.1) is 43.4 Å². The van der Waals surface area contributed by atoms with Crippen LogP contribution in [0.25, 0.3) is 11.0 Å². The molecule has 192 valence electrons. The van der Waals surface area contributed by atoms with Gasteiger partial charge in [-0.15, -0.1) is 0 Å². The molecular weight excluding hydrogens is 514 g/mol. The summed E-state index contributed by atoms with van der Waals surface area (Å²) >= 11 is 3.66. The van der Waals surface area contributed by atoms with Gasteiger partial charge in [0.25, 0.3) is 0 Å². The van der Waals surface area contributed by atoms with Crippen molar-refractivity contribution in [3.63, 3.8) is 0 Å². The second-order valence-corrected chi connectivity index (χ2v) is 17.0. The number of amides is 1. The number of rotatable bonds is 9. The number of aromatic nitrogens is 2. The van der Waals surface area contributed by atoms with E-state index in [4.69, 9.17) is 18.9 Å². The first-order valence-corrected chi connectivity index (χ1v) is 15.5. The highest BCUT2D eigenvalue weighted by molar-refractivity contribution is 9.10. The SMILES string of the molecule is Cc1nc2cccc(Br)c2n1CC(CN(C)C(=O)OC(C)(C)C)OCCO[Si](C)(C)C(C)(C)C. The highest BCUT2D eigenvalue weighted by Crippen LogP contribution is 2.36. The zero-order chi connectivity index (χ0) is 25.9. The first kappa shape index (κ1) is 28.8. The molecule has 0 bridgehead atoms. The van der Waals surface area contributed by atoms with E-state index in [9.17, 15) is 4.79 Å². The van der Waals surface area contributed by atoms with Crippen molar-refractivity contribution in [1.82, 2.24) is 14.5 Å². The highest BCUT2D eigenvalue weighted by atomic mass is 79.9. The number of hydrogen-bond donors (Lipinski definition) is 0. The largest absolute Gasteiger partial charge is 0.444 e. The number of halogens is 1. The summed E-state index contributed by atoms with van der Waals surface area (Å²) in [5, 5.41) is 0.141. The molecule has 9 heteroatoms. The maximum absolute atomic E-state index is 12.6. The van der Waals surface area contributed by atoms with Crippen LogP contribution in [0, 0.1) is 6.92 Å². The molecule has 0 N–H and O–H groups in total. The number of aryl methyl sites for hydroxylation is 1. The molecule has 0 radical (unpaired) electrons. The van der Waals surface area contributed by atoms with Crippen molar-refractivity contribution >= 4 is 41.4 Å². The Balaban J connectivity index is 2.18. The molecule has 7 nitrogen and oxygen atoms in total. The van der Waals surface area contributed by atoms with Gasteiger partial charge in [-0.25, -0.2) is 9.78 Å². The van der Waals surface area contributed by atoms with Crippen LogP contribution in [-0.4, -0.2) is 67.4 Å². The lowest BCUT2D eigenvalue weighted by atomic mass is 10.2. The zero-order valence-electron chi connectivity index (χ0n) is 22.5. The molecule has 1 unspecified atom stereocenters. The summed E-state index contributed by atoms with van der Waals surface area (Å²) in [6, 6.07) is 5.99. The van der Waals surface area contributed by atoms with Gasteiger partial charge in [0.1, 0.15) is 11.4 Å². The average molecular weight is 557 g/mol. The molecule has 0 spiro atoms. The van der Waals surface area contributed by atoms with E-state index in [1.165, 1.54) is 0 Å². The van der Waals surface area contributed by atoms with E-state index in [0.29, 0.717) is 26.3 Å². The summed E-state index contributed by atoms with van der Waals surface area (Å²) in [4.78, 5) is 18.9. The number of benzene rings is 1. The van der Waals surface area contributed by atoms with Crippen LogP contribution < -0.4 is 0 Å². The third kappa shape index (κ3) is 7.80. The molecule has 2 rings (SSSR count). The number of likely N-dealkylation sites (N-methyl/N-ethyl adjacent to an activating group) is 1. The van der Waals surface area contributed by atoms with Crippen LogP contribution in [-0.2, 0) is 20.4 Å². The Labute approximate surface area is 214 Å². The van der Waals surface area contributed by atoms with Crippen LogP contribution in [0.5, 0.6) is 0 Å². The number of fused-ring (bicyclic) bond motifs is 1. The molecule has 0 aliphatic rings. The molecule has 1 heterocycles. The Hall–Kier alpha value is -1.42. The quantitative estimate of drug-likeness (QED) is 0.265. The van der Waals surface area contributed by atoms with Crippen LogP contribution in [0.1, 0.15) is 47.4 Å². The number of para-hydroxylation sites is 1. The predicted molar refractivity (Wildman–Crippen MR) is 144 cm³/mol. The van der Waals surface area contributed by atoms with Gasteiger partial charge in [-0.05, 0) is 73.9 Å². The van der Waals surface area contributed by atoms with Crippen molar-refractivity contribution in [3.8, 4) is 0 Å². The lowest BCUT2D eigenvalue weighted by molar-refractivity contribution is -0.00939. The van der Waals surface area contributed by atoms with Gasteiger partial charge in [-0.2, -0.15) is 0 Å². The maximum Gasteiger partial charge on any atom is 0.410 e. The first-order chi connectivity index (χ1) is 15.5. The number of nitrogens with zero attached hydrogens (tertiary/aromatic N) is 3. The maximum atomic E-state index is 12.6.